The van der Waals surface area contributed by atoms with Crippen LogP contribution in [0.2, 0.25) is 0 Å². The summed E-state index contributed by atoms with van der Waals surface area (Å²) in [5.74, 6) is -0.146. The predicted molar refractivity (Wildman–Crippen MR) is 96.8 cm³/mol. The van der Waals surface area contributed by atoms with Crippen molar-refractivity contribution < 1.29 is 4.79 Å². The van der Waals surface area contributed by atoms with Crippen LogP contribution in [0.3, 0.4) is 0 Å². The number of carbonyl (C=O) groups excluding carboxylic acids is 1. The van der Waals surface area contributed by atoms with E-state index in [0.717, 1.165) is 17.5 Å². The normalized spacial score (nSPS) is 13.2. The fourth-order valence-corrected chi connectivity index (χ4v) is 2.95. The molecular formula is C20H22N4O. The van der Waals surface area contributed by atoms with Gasteiger partial charge in [0.2, 0.25) is 5.91 Å². The summed E-state index contributed by atoms with van der Waals surface area (Å²) in [4.78, 5) is 14.5. The number of carbonyl (C=O) groups is 1. The van der Waals surface area contributed by atoms with Gasteiger partial charge in [-0.1, -0.05) is 67.6 Å². The van der Waals surface area contributed by atoms with E-state index in [1.807, 2.05) is 67.6 Å². The first kappa shape index (κ1) is 16.9. The fraction of sp³-hybridized carbons (Fsp3) is 0.250. The maximum absolute atomic E-state index is 12.9. The van der Waals surface area contributed by atoms with E-state index in [2.05, 4.69) is 15.5 Å². The molecule has 0 bridgehead atoms. The summed E-state index contributed by atoms with van der Waals surface area (Å²) in [6, 6.07) is 19.6. The molecule has 2 unspecified atom stereocenters. The third-order valence-corrected chi connectivity index (χ3v) is 4.26. The zero-order valence-electron chi connectivity index (χ0n) is 14.2. The average Bonchev–Trinajstić information content (AvgIpc) is 3.16. The molecule has 0 saturated heterocycles. The topological polar surface area (TPSA) is 59.8 Å². The standard InChI is InChI=1S/C20H22N4O/c1-2-18(16-9-5-3-6-10-16)20(25)23-19(15-24-21-13-14-22-24)17-11-7-4-8-12-17/h3-14,18-19H,2,15H2,1H3,(H,23,25). The lowest BCUT2D eigenvalue weighted by Crippen LogP contribution is -2.35. The molecule has 3 aromatic rings. The summed E-state index contributed by atoms with van der Waals surface area (Å²) in [6.45, 7) is 2.53. The Morgan fingerprint density at radius 3 is 2.08 bits per heavy atom. The molecule has 0 saturated carbocycles. The highest BCUT2D eigenvalue weighted by molar-refractivity contribution is 5.84. The number of amides is 1. The maximum atomic E-state index is 12.9. The molecule has 3 rings (SSSR count). The molecule has 25 heavy (non-hydrogen) atoms. The second-order valence-corrected chi connectivity index (χ2v) is 5.93. The Morgan fingerprint density at radius 2 is 1.52 bits per heavy atom. The number of rotatable bonds is 7. The van der Waals surface area contributed by atoms with Crippen LogP contribution >= 0.6 is 0 Å². The monoisotopic (exact) mass is 334 g/mol. The van der Waals surface area contributed by atoms with E-state index in [1.165, 1.54) is 0 Å². The van der Waals surface area contributed by atoms with E-state index in [-0.39, 0.29) is 17.9 Å². The molecule has 1 aromatic heterocycles. The summed E-state index contributed by atoms with van der Waals surface area (Å²) in [6.07, 6.45) is 4.03. The molecule has 0 spiro atoms. The second kappa shape index (κ2) is 8.24. The highest BCUT2D eigenvalue weighted by Gasteiger charge is 2.23. The average molecular weight is 334 g/mol. The van der Waals surface area contributed by atoms with Gasteiger partial charge in [0, 0.05) is 0 Å². The van der Waals surface area contributed by atoms with Crippen LogP contribution in [0.1, 0.15) is 36.4 Å². The smallest absolute Gasteiger partial charge is 0.228 e. The number of hydrogen-bond acceptors (Lipinski definition) is 3. The molecule has 0 aliphatic rings. The van der Waals surface area contributed by atoms with E-state index in [1.54, 1.807) is 17.2 Å². The van der Waals surface area contributed by atoms with Crippen molar-refractivity contribution >= 4 is 5.91 Å². The summed E-state index contributed by atoms with van der Waals surface area (Å²) >= 11 is 0. The zero-order chi connectivity index (χ0) is 17.5. The SMILES string of the molecule is CCC(C(=O)NC(Cn1nccn1)c1ccccc1)c1ccccc1. The van der Waals surface area contributed by atoms with E-state index >= 15 is 0 Å². The lowest BCUT2D eigenvalue weighted by molar-refractivity contribution is -0.123. The van der Waals surface area contributed by atoms with Gasteiger partial charge in [-0.3, -0.25) is 4.79 Å². The van der Waals surface area contributed by atoms with Crippen molar-refractivity contribution in [1.29, 1.82) is 0 Å². The third kappa shape index (κ3) is 4.32. The number of aromatic nitrogens is 3. The van der Waals surface area contributed by atoms with Crippen molar-refractivity contribution in [1.82, 2.24) is 20.3 Å². The van der Waals surface area contributed by atoms with Gasteiger partial charge in [0.25, 0.3) is 0 Å². The Balaban J connectivity index is 1.80. The van der Waals surface area contributed by atoms with Crippen molar-refractivity contribution in [2.75, 3.05) is 0 Å². The van der Waals surface area contributed by atoms with Gasteiger partial charge >= 0.3 is 0 Å². The summed E-state index contributed by atoms with van der Waals surface area (Å²) in [5.41, 5.74) is 2.07. The van der Waals surface area contributed by atoms with Crippen LogP contribution in [-0.4, -0.2) is 20.9 Å². The van der Waals surface area contributed by atoms with Crippen LogP contribution in [0.4, 0.5) is 0 Å². The Kier molecular flexibility index (Phi) is 5.57. The Bertz CT molecular complexity index is 772. The molecule has 0 radical (unpaired) electrons. The van der Waals surface area contributed by atoms with Crippen molar-refractivity contribution in [2.24, 2.45) is 0 Å². The van der Waals surface area contributed by atoms with Crippen LogP contribution in [-0.2, 0) is 11.3 Å². The summed E-state index contributed by atoms with van der Waals surface area (Å²) < 4.78 is 0. The molecular weight excluding hydrogens is 312 g/mol. The number of benzene rings is 2. The quantitative estimate of drug-likeness (QED) is 0.721. The predicted octanol–water partition coefficient (Wildman–Crippen LogP) is 3.33. The minimum absolute atomic E-state index is 0.0229. The molecule has 5 nitrogen and oxygen atoms in total. The van der Waals surface area contributed by atoms with E-state index in [0.29, 0.717) is 6.54 Å². The highest BCUT2D eigenvalue weighted by atomic mass is 16.2. The highest BCUT2D eigenvalue weighted by Crippen LogP contribution is 2.22. The first-order valence-corrected chi connectivity index (χ1v) is 8.52. The minimum Gasteiger partial charge on any atom is -0.347 e. The molecule has 0 aliphatic heterocycles. The van der Waals surface area contributed by atoms with Crippen molar-refractivity contribution in [3.8, 4) is 0 Å². The van der Waals surface area contributed by atoms with Gasteiger partial charge in [-0.2, -0.15) is 15.0 Å². The summed E-state index contributed by atoms with van der Waals surface area (Å²) in [5, 5.41) is 11.5. The molecule has 128 valence electrons. The van der Waals surface area contributed by atoms with Crippen LogP contribution in [0, 0.1) is 0 Å². The van der Waals surface area contributed by atoms with Crippen LogP contribution in [0.25, 0.3) is 0 Å². The maximum Gasteiger partial charge on any atom is 0.228 e. The third-order valence-electron chi connectivity index (χ3n) is 4.26. The van der Waals surface area contributed by atoms with Gasteiger partial charge in [-0.25, -0.2) is 0 Å². The first-order valence-electron chi connectivity index (χ1n) is 8.52. The van der Waals surface area contributed by atoms with Gasteiger partial charge in [-0.15, -0.1) is 0 Å². The Morgan fingerprint density at radius 1 is 0.960 bits per heavy atom. The Hall–Kier alpha value is -2.95. The molecule has 2 atom stereocenters. The van der Waals surface area contributed by atoms with E-state index in [9.17, 15) is 4.79 Å². The van der Waals surface area contributed by atoms with Crippen molar-refractivity contribution in [2.45, 2.75) is 31.8 Å². The van der Waals surface area contributed by atoms with Gasteiger partial charge in [0.05, 0.1) is 30.9 Å². The molecule has 1 amide bonds. The van der Waals surface area contributed by atoms with Crippen LogP contribution in [0.5, 0.6) is 0 Å². The largest absolute Gasteiger partial charge is 0.347 e. The second-order valence-electron chi connectivity index (χ2n) is 5.93. The molecule has 0 fully saturated rings. The lowest BCUT2D eigenvalue weighted by Gasteiger charge is -2.22. The van der Waals surface area contributed by atoms with E-state index in [4.69, 9.17) is 0 Å². The Labute approximate surface area is 147 Å². The van der Waals surface area contributed by atoms with Gasteiger partial charge < -0.3 is 5.32 Å². The van der Waals surface area contributed by atoms with Crippen LogP contribution < -0.4 is 5.32 Å². The van der Waals surface area contributed by atoms with Gasteiger partial charge in [0.1, 0.15) is 0 Å². The molecule has 1 heterocycles. The lowest BCUT2D eigenvalue weighted by atomic mass is 9.95. The number of nitrogens with one attached hydrogen (secondary N) is 1. The number of hydrogen-bond donors (Lipinski definition) is 1. The molecule has 0 aliphatic carbocycles. The molecule has 1 N–H and O–H groups in total. The van der Waals surface area contributed by atoms with Gasteiger partial charge in [-0.05, 0) is 17.5 Å². The summed E-state index contributed by atoms with van der Waals surface area (Å²) in [7, 11) is 0. The minimum atomic E-state index is -0.182. The van der Waals surface area contributed by atoms with Gasteiger partial charge in [0.15, 0.2) is 0 Å². The fourth-order valence-electron chi connectivity index (χ4n) is 2.95. The van der Waals surface area contributed by atoms with Crippen molar-refractivity contribution in [3.63, 3.8) is 0 Å². The van der Waals surface area contributed by atoms with E-state index < -0.39 is 0 Å². The first-order chi connectivity index (χ1) is 12.3. The van der Waals surface area contributed by atoms with Crippen molar-refractivity contribution in [3.05, 3.63) is 84.2 Å². The molecule has 5 heteroatoms. The van der Waals surface area contributed by atoms with Crippen LogP contribution in [0.15, 0.2) is 73.1 Å². The molecule has 2 aromatic carbocycles. The number of nitrogens with zero attached hydrogens (tertiary/aromatic N) is 3. The zero-order valence-corrected chi connectivity index (χ0v) is 14.2.